The van der Waals surface area contributed by atoms with Crippen molar-refractivity contribution in [3.63, 3.8) is 0 Å². The van der Waals surface area contributed by atoms with Crippen molar-refractivity contribution in [3.8, 4) is 17.4 Å². The number of fused-ring (bicyclic) bond motifs is 6. The van der Waals surface area contributed by atoms with Gasteiger partial charge in [0.1, 0.15) is 6.07 Å². The zero-order chi connectivity index (χ0) is 23.5. The van der Waals surface area contributed by atoms with Crippen LogP contribution < -0.4 is 0 Å². The molecule has 0 saturated heterocycles. The van der Waals surface area contributed by atoms with Crippen LogP contribution >= 0.6 is 15.9 Å². The zero-order valence-corrected chi connectivity index (χ0v) is 20.2. The lowest BCUT2D eigenvalue weighted by Gasteiger charge is -2.11. The molecule has 2 heterocycles. The second-order valence-corrected chi connectivity index (χ2v) is 9.55. The summed E-state index contributed by atoms with van der Waals surface area (Å²) in [7, 11) is 0. The summed E-state index contributed by atoms with van der Waals surface area (Å²) < 4.78 is 5.40. The molecule has 0 N–H and O–H groups in total. The molecule has 0 saturated carbocycles. The lowest BCUT2D eigenvalue weighted by molar-refractivity contribution is 1.16. The summed E-state index contributed by atoms with van der Waals surface area (Å²) in [5.41, 5.74) is 7.35. The lowest BCUT2D eigenvalue weighted by atomic mass is 10.1. The van der Waals surface area contributed by atoms with Gasteiger partial charge >= 0.3 is 0 Å². The third kappa shape index (κ3) is 2.89. The summed E-state index contributed by atoms with van der Waals surface area (Å²) in [6.45, 7) is 0. The minimum absolute atomic E-state index is 0.621. The Labute approximate surface area is 210 Å². The molecule has 0 radical (unpaired) electrons. The molecule has 0 aliphatic rings. The summed E-state index contributed by atoms with van der Waals surface area (Å²) in [6.07, 6.45) is 0. The summed E-state index contributed by atoms with van der Waals surface area (Å²) in [5.74, 6) is 0. The van der Waals surface area contributed by atoms with Crippen LogP contribution in [-0.4, -0.2) is 9.13 Å². The molecular formula is C31H18BrN3. The molecule has 5 aromatic carbocycles. The predicted molar refractivity (Wildman–Crippen MR) is 148 cm³/mol. The van der Waals surface area contributed by atoms with Gasteiger partial charge in [-0.05, 0) is 70.5 Å². The fourth-order valence-corrected chi connectivity index (χ4v) is 5.65. The van der Waals surface area contributed by atoms with Crippen LogP contribution in [0.5, 0.6) is 0 Å². The maximum absolute atomic E-state index is 9.59. The van der Waals surface area contributed by atoms with E-state index in [1.54, 1.807) is 0 Å². The summed E-state index contributed by atoms with van der Waals surface area (Å²) in [4.78, 5) is 0. The van der Waals surface area contributed by atoms with Crippen LogP contribution in [0.4, 0.5) is 0 Å². The van der Waals surface area contributed by atoms with Crippen LogP contribution in [0.25, 0.3) is 55.0 Å². The van der Waals surface area contributed by atoms with Crippen molar-refractivity contribution in [1.29, 1.82) is 5.26 Å². The predicted octanol–water partition coefficient (Wildman–Crippen LogP) is 8.51. The number of hydrogen-bond donors (Lipinski definition) is 0. The van der Waals surface area contributed by atoms with Crippen molar-refractivity contribution in [2.75, 3.05) is 0 Å². The summed E-state index contributed by atoms with van der Waals surface area (Å²) >= 11 is 3.49. The Bertz CT molecular complexity index is 1930. The molecule has 0 amide bonds. The van der Waals surface area contributed by atoms with Gasteiger partial charge in [-0.3, -0.25) is 0 Å². The number of para-hydroxylation sites is 3. The molecule has 0 bridgehead atoms. The van der Waals surface area contributed by atoms with E-state index in [9.17, 15) is 5.26 Å². The van der Waals surface area contributed by atoms with Crippen LogP contribution in [0, 0.1) is 11.3 Å². The SMILES string of the molecule is N#Cc1cc(-n2c3ccccc3c3cc(-n4c5ccccc5c5ccccc54)ccc32)ccc1Br. The highest BCUT2D eigenvalue weighted by molar-refractivity contribution is 9.10. The number of rotatable bonds is 2. The highest BCUT2D eigenvalue weighted by atomic mass is 79.9. The van der Waals surface area contributed by atoms with Gasteiger partial charge in [-0.2, -0.15) is 5.26 Å². The van der Waals surface area contributed by atoms with E-state index in [1.165, 1.54) is 32.6 Å². The molecule has 0 spiro atoms. The maximum atomic E-state index is 9.59. The molecule has 7 rings (SSSR count). The smallest absolute Gasteiger partial charge is 0.100 e. The van der Waals surface area contributed by atoms with E-state index in [1.807, 2.05) is 12.1 Å². The third-order valence-corrected chi connectivity index (χ3v) is 7.51. The van der Waals surface area contributed by atoms with Crippen LogP contribution in [0.2, 0.25) is 0 Å². The normalized spacial score (nSPS) is 11.5. The monoisotopic (exact) mass is 511 g/mol. The molecule has 0 unspecified atom stereocenters. The van der Waals surface area contributed by atoms with Gasteiger partial charge in [0.25, 0.3) is 0 Å². The largest absolute Gasteiger partial charge is 0.309 e. The Morgan fingerprint density at radius 3 is 1.54 bits per heavy atom. The van der Waals surface area contributed by atoms with Gasteiger partial charge in [0, 0.05) is 37.4 Å². The van der Waals surface area contributed by atoms with Crippen molar-refractivity contribution in [2.24, 2.45) is 0 Å². The Morgan fingerprint density at radius 2 is 0.971 bits per heavy atom. The van der Waals surface area contributed by atoms with E-state index < -0.39 is 0 Å². The van der Waals surface area contributed by atoms with E-state index in [2.05, 4.69) is 128 Å². The van der Waals surface area contributed by atoms with Crippen molar-refractivity contribution in [2.45, 2.75) is 0 Å². The number of benzene rings is 5. The van der Waals surface area contributed by atoms with Crippen molar-refractivity contribution < 1.29 is 0 Å². The molecule has 0 atom stereocenters. The first-order chi connectivity index (χ1) is 17.2. The topological polar surface area (TPSA) is 33.6 Å². The van der Waals surface area contributed by atoms with Gasteiger partial charge in [-0.15, -0.1) is 0 Å². The van der Waals surface area contributed by atoms with Gasteiger partial charge in [0.05, 0.1) is 27.6 Å². The Morgan fingerprint density at radius 1 is 0.514 bits per heavy atom. The minimum atomic E-state index is 0.621. The Balaban J connectivity index is 1.56. The van der Waals surface area contributed by atoms with Crippen molar-refractivity contribution >= 4 is 59.5 Å². The fourth-order valence-electron chi connectivity index (χ4n) is 5.32. The molecule has 164 valence electrons. The van der Waals surface area contributed by atoms with Gasteiger partial charge < -0.3 is 9.13 Å². The average Bonchev–Trinajstić information content (AvgIpc) is 3.42. The first kappa shape index (κ1) is 20.1. The van der Waals surface area contributed by atoms with Gasteiger partial charge in [0.15, 0.2) is 0 Å². The molecule has 0 aliphatic carbocycles. The molecule has 0 aliphatic heterocycles. The standard InChI is InChI=1S/C31H18BrN3/c32-27-15-13-21(17-20(27)19-33)34-30-12-6-3-9-25(30)26-18-22(14-16-31(26)34)35-28-10-4-1-7-23(28)24-8-2-5-11-29(24)35/h1-18H. The minimum Gasteiger partial charge on any atom is -0.309 e. The lowest BCUT2D eigenvalue weighted by Crippen LogP contribution is -1.96. The zero-order valence-electron chi connectivity index (χ0n) is 18.6. The third-order valence-electron chi connectivity index (χ3n) is 6.82. The average molecular weight is 512 g/mol. The van der Waals surface area contributed by atoms with Gasteiger partial charge in [0.2, 0.25) is 0 Å². The first-order valence-electron chi connectivity index (χ1n) is 11.5. The van der Waals surface area contributed by atoms with Crippen molar-refractivity contribution in [1.82, 2.24) is 9.13 Å². The van der Waals surface area contributed by atoms with Crippen LogP contribution in [0.3, 0.4) is 0 Å². The second kappa shape index (κ2) is 7.59. The first-order valence-corrected chi connectivity index (χ1v) is 12.3. The molecular weight excluding hydrogens is 494 g/mol. The maximum Gasteiger partial charge on any atom is 0.100 e. The highest BCUT2D eigenvalue weighted by Gasteiger charge is 2.16. The molecule has 3 nitrogen and oxygen atoms in total. The van der Waals surface area contributed by atoms with E-state index in [4.69, 9.17) is 0 Å². The highest BCUT2D eigenvalue weighted by Crippen LogP contribution is 2.37. The van der Waals surface area contributed by atoms with Gasteiger partial charge in [-0.1, -0.05) is 54.6 Å². The fraction of sp³-hybridized carbons (Fsp3) is 0. The molecule has 2 aromatic heterocycles. The molecule has 35 heavy (non-hydrogen) atoms. The Hall–Kier alpha value is -4.33. The van der Waals surface area contributed by atoms with E-state index >= 15 is 0 Å². The molecule has 0 fully saturated rings. The number of aromatic nitrogens is 2. The summed E-state index contributed by atoms with van der Waals surface area (Å²) in [6, 6.07) is 40.5. The van der Waals surface area contributed by atoms with E-state index in [0.717, 1.165) is 26.9 Å². The van der Waals surface area contributed by atoms with Crippen molar-refractivity contribution in [3.05, 3.63) is 119 Å². The van der Waals surface area contributed by atoms with Crippen LogP contribution in [0.1, 0.15) is 5.56 Å². The van der Waals surface area contributed by atoms with Gasteiger partial charge in [-0.25, -0.2) is 0 Å². The van der Waals surface area contributed by atoms with Crippen LogP contribution in [0.15, 0.2) is 114 Å². The number of hydrogen-bond acceptors (Lipinski definition) is 1. The second-order valence-electron chi connectivity index (χ2n) is 8.70. The Kier molecular flexibility index (Phi) is 4.36. The van der Waals surface area contributed by atoms with E-state index in [0.29, 0.717) is 5.56 Å². The number of halogens is 1. The van der Waals surface area contributed by atoms with Crippen LogP contribution in [-0.2, 0) is 0 Å². The quantitative estimate of drug-likeness (QED) is 0.229. The molecule has 4 heteroatoms. The number of nitriles is 1. The number of nitrogens with zero attached hydrogens (tertiary/aromatic N) is 3. The summed E-state index contributed by atoms with van der Waals surface area (Å²) in [5, 5.41) is 14.5. The molecule has 7 aromatic rings. The van der Waals surface area contributed by atoms with E-state index in [-0.39, 0.29) is 0 Å².